The number of nitrogen functional groups attached to an aromatic ring is 1. The zero-order valence-electron chi connectivity index (χ0n) is 17.4. The number of anilines is 5. The number of para-hydroxylation sites is 2. The molecule has 1 aliphatic rings. The van der Waals surface area contributed by atoms with Gasteiger partial charge in [0.1, 0.15) is 17.5 Å². The van der Waals surface area contributed by atoms with E-state index in [1.165, 1.54) is 12.4 Å². The molecule has 0 atom stereocenters. The Balaban J connectivity index is 1.40. The number of aromatic nitrogens is 3. The highest BCUT2D eigenvalue weighted by molar-refractivity contribution is 6.09. The second-order valence-corrected chi connectivity index (χ2v) is 7.37. The van der Waals surface area contributed by atoms with Gasteiger partial charge in [-0.2, -0.15) is 0 Å². The Bertz CT molecular complexity index is 1360. The van der Waals surface area contributed by atoms with Crippen molar-refractivity contribution in [3.63, 3.8) is 0 Å². The van der Waals surface area contributed by atoms with E-state index in [-0.39, 0.29) is 17.3 Å². The van der Waals surface area contributed by atoms with Crippen molar-refractivity contribution in [1.82, 2.24) is 15.0 Å². The van der Waals surface area contributed by atoms with Crippen LogP contribution in [0, 0.1) is 0 Å². The fourth-order valence-electron chi connectivity index (χ4n) is 3.60. The number of pyridine rings is 3. The number of rotatable bonds is 3. The predicted octanol–water partition coefficient (Wildman–Crippen LogP) is 3.61. The van der Waals surface area contributed by atoms with Crippen molar-refractivity contribution in [2.24, 2.45) is 0 Å². The molecule has 0 unspecified atom stereocenters. The summed E-state index contributed by atoms with van der Waals surface area (Å²) in [5.74, 6) is 0.495. The summed E-state index contributed by atoms with van der Waals surface area (Å²) < 4.78 is 0. The van der Waals surface area contributed by atoms with Crippen molar-refractivity contribution in [3.05, 3.63) is 95.9 Å². The molecule has 1 aliphatic heterocycles. The van der Waals surface area contributed by atoms with Gasteiger partial charge in [0.2, 0.25) is 0 Å². The Morgan fingerprint density at radius 2 is 1.76 bits per heavy atom. The zero-order valence-corrected chi connectivity index (χ0v) is 17.4. The number of carbonyl (C=O) groups excluding carboxylic acids is 2. The van der Waals surface area contributed by atoms with E-state index in [9.17, 15) is 9.59 Å². The Labute approximate surface area is 189 Å². The summed E-state index contributed by atoms with van der Waals surface area (Å²) >= 11 is 0. The number of amides is 2. The number of nitrogens with two attached hydrogens (primary N) is 1. The van der Waals surface area contributed by atoms with Crippen LogP contribution in [0.2, 0.25) is 0 Å². The van der Waals surface area contributed by atoms with Gasteiger partial charge in [0.05, 0.1) is 29.0 Å². The number of hydrogen-bond donors (Lipinski definition) is 3. The second kappa shape index (κ2) is 8.39. The van der Waals surface area contributed by atoms with E-state index in [0.717, 1.165) is 16.9 Å². The molecule has 162 valence electrons. The molecule has 4 aromatic rings. The van der Waals surface area contributed by atoms with E-state index in [4.69, 9.17) is 5.73 Å². The van der Waals surface area contributed by atoms with Crippen LogP contribution in [0.25, 0.3) is 0 Å². The molecule has 1 aromatic carbocycles. The fraction of sp³-hybridized carbons (Fsp3) is 0.0417. The van der Waals surface area contributed by atoms with Gasteiger partial charge in [-0.3, -0.25) is 9.59 Å². The normalized spacial score (nSPS) is 12.1. The van der Waals surface area contributed by atoms with Crippen LogP contribution in [0.4, 0.5) is 28.8 Å². The monoisotopic (exact) mass is 437 g/mol. The summed E-state index contributed by atoms with van der Waals surface area (Å²) in [4.78, 5) is 40.1. The van der Waals surface area contributed by atoms with E-state index in [1.54, 1.807) is 35.4 Å². The van der Waals surface area contributed by atoms with Gasteiger partial charge in [-0.15, -0.1) is 0 Å². The number of fused-ring (bicyclic) bond motifs is 2. The van der Waals surface area contributed by atoms with E-state index in [0.29, 0.717) is 23.7 Å². The van der Waals surface area contributed by atoms with Crippen molar-refractivity contribution in [2.45, 2.75) is 6.54 Å². The Hall–Kier alpha value is -4.79. The summed E-state index contributed by atoms with van der Waals surface area (Å²) in [6.45, 7) is 0.352. The lowest BCUT2D eigenvalue weighted by atomic mass is 10.1. The molecule has 33 heavy (non-hydrogen) atoms. The van der Waals surface area contributed by atoms with Crippen LogP contribution in [0.1, 0.15) is 26.3 Å². The number of nitrogens with zero attached hydrogens (tertiary/aromatic N) is 4. The summed E-state index contributed by atoms with van der Waals surface area (Å²) in [6, 6.07) is 17.7. The highest BCUT2D eigenvalue weighted by atomic mass is 16.2. The average Bonchev–Trinajstić information content (AvgIpc) is 3.01. The lowest BCUT2D eigenvalue weighted by molar-refractivity contribution is 0.0984. The number of carbonyl (C=O) groups is 2. The maximum atomic E-state index is 13.5. The molecule has 0 bridgehead atoms. The van der Waals surface area contributed by atoms with Crippen LogP contribution in [0.15, 0.2) is 79.3 Å². The third-order valence-corrected chi connectivity index (χ3v) is 5.25. The van der Waals surface area contributed by atoms with Crippen molar-refractivity contribution in [3.8, 4) is 0 Å². The van der Waals surface area contributed by atoms with Gasteiger partial charge < -0.3 is 21.3 Å². The largest absolute Gasteiger partial charge is 0.383 e. The minimum absolute atomic E-state index is 0.130. The van der Waals surface area contributed by atoms with Crippen LogP contribution in [0.3, 0.4) is 0 Å². The number of benzene rings is 1. The van der Waals surface area contributed by atoms with Crippen molar-refractivity contribution >= 4 is 40.6 Å². The summed E-state index contributed by atoms with van der Waals surface area (Å²) in [7, 11) is 0. The van der Waals surface area contributed by atoms with Gasteiger partial charge in [-0.05, 0) is 42.5 Å². The van der Waals surface area contributed by atoms with E-state index < -0.39 is 5.91 Å². The molecular formula is C24H19N7O2. The molecule has 0 aliphatic carbocycles. The van der Waals surface area contributed by atoms with Crippen LogP contribution >= 0.6 is 0 Å². The molecule has 0 fully saturated rings. The topological polar surface area (TPSA) is 126 Å². The van der Waals surface area contributed by atoms with Gasteiger partial charge in [-0.25, -0.2) is 15.0 Å². The lowest BCUT2D eigenvalue weighted by Gasteiger charge is -2.22. The fourth-order valence-corrected chi connectivity index (χ4v) is 3.60. The molecular weight excluding hydrogens is 418 g/mol. The van der Waals surface area contributed by atoms with E-state index >= 15 is 0 Å². The molecule has 0 saturated heterocycles. The highest BCUT2D eigenvalue weighted by Crippen LogP contribution is 2.35. The van der Waals surface area contributed by atoms with Crippen LogP contribution < -0.4 is 21.3 Å². The number of hydrogen-bond acceptors (Lipinski definition) is 7. The minimum atomic E-state index is -0.427. The van der Waals surface area contributed by atoms with Crippen molar-refractivity contribution in [1.29, 1.82) is 0 Å². The first kappa shape index (κ1) is 20.1. The molecule has 9 heteroatoms. The zero-order chi connectivity index (χ0) is 22.8. The molecule has 2 amide bonds. The first-order valence-corrected chi connectivity index (χ1v) is 10.2. The van der Waals surface area contributed by atoms with E-state index in [1.807, 2.05) is 36.4 Å². The summed E-state index contributed by atoms with van der Waals surface area (Å²) in [6.07, 6.45) is 4.66. The maximum absolute atomic E-state index is 13.5. The van der Waals surface area contributed by atoms with Gasteiger partial charge >= 0.3 is 0 Å². The Morgan fingerprint density at radius 1 is 0.939 bits per heavy atom. The first-order valence-electron chi connectivity index (χ1n) is 10.2. The van der Waals surface area contributed by atoms with Gasteiger partial charge in [0, 0.05) is 24.2 Å². The van der Waals surface area contributed by atoms with Crippen molar-refractivity contribution < 1.29 is 9.59 Å². The van der Waals surface area contributed by atoms with E-state index in [2.05, 4.69) is 25.6 Å². The quantitative estimate of drug-likeness (QED) is 0.447. The second-order valence-electron chi connectivity index (χ2n) is 7.37. The minimum Gasteiger partial charge on any atom is -0.383 e. The van der Waals surface area contributed by atoms with Gasteiger partial charge in [0.25, 0.3) is 11.8 Å². The number of nitrogens with one attached hydrogen (secondary N) is 2. The summed E-state index contributed by atoms with van der Waals surface area (Å²) in [5.41, 5.74) is 8.81. The van der Waals surface area contributed by atoms with Crippen molar-refractivity contribution in [2.75, 3.05) is 21.3 Å². The molecule has 4 heterocycles. The van der Waals surface area contributed by atoms with Crippen LogP contribution in [0.5, 0.6) is 0 Å². The molecule has 3 aromatic heterocycles. The van der Waals surface area contributed by atoms with Crippen LogP contribution in [-0.4, -0.2) is 26.8 Å². The lowest BCUT2D eigenvalue weighted by Crippen LogP contribution is -2.30. The molecule has 4 N–H and O–H groups in total. The van der Waals surface area contributed by atoms with Gasteiger partial charge in [-0.1, -0.05) is 18.2 Å². The summed E-state index contributed by atoms with van der Waals surface area (Å²) in [5, 5.41) is 5.98. The van der Waals surface area contributed by atoms with Gasteiger partial charge in [0.15, 0.2) is 0 Å². The molecule has 5 rings (SSSR count). The highest BCUT2D eigenvalue weighted by Gasteiger charge is 2.25. The average molecular weight is 437 g/mol. The maximum Gasteiger partial charge on any atom is 0.260 e. The smallest absolute Gasteiger partial charge is 0.260 e. The molecule has 0 saturated carbocycles. The first-order chi connectivity index (χ1) is 16.1. The Morgan fingerprint density at radius 3 is 2.58 bits per heavy atom. The molecule has 9 nitrogen and oxygen atoms in total. The molecule has 0 radical (unpaired) electrons. The Kier molecular flexibility index (Phi) is 5.12. The van der Waals surface area contributed by atoms with Crippen LogP contribution in [-0.2, 0) is 6.54 Å². The third-order valence-electron chi connectivity index (χ3n) is 5.25. The molecule has 0 spiro atoms. The predicted molar refractivity (Wildman–Crippen MR) is 125 cm³/mol. The standard InChI is InChI=1S/C24H19N7O2/c25-21-17(6-4-11-26-21)23(32)30-20-10-9-15(13-28-20)24(33)31-14-16-5-3-12-27-22(16)29-18-7-1-2-8-19(18)31/h1-13H,14H2,(H2,25,26)(H,27,29)(H,28,30,32). The third kappa shape index (κ3) is 3.94. The SMILES string of the molecule is Nc1ncccc1C(=O)Nc1ccc(C(=O)N2Cc3cccnc3Nc3ccccc32)cn1.